The topological polar surface area (TPSA) is 57.7 Å². The van der Waals surface area contributed by atoms with Gasteiger partial charge in [-0.05, 0) is 35.9 Å². The zero-order valence-corrected chi connectivity index (χ0v) is 15.6. The third-order valence-corrected chi connectivity index (χ3v) is 7.37. The highest BCUT2D eigenvalue weighted by molar-refractivity contribution is 7.91. The van der Waals surface area contributed by atoms with Crippen LogP contribution in [0.2, 0.25) is 0 Å². The number of rotatable bonds is 5. The van der Waals surface area contributed by atoms with Gasteiger partial charge in [0, 0.05) is 24.3 Å². The monoisotopic (exact) mass is 366 g/mol. The van der Waals surface area contributed by atoms with Crippen LogP contribution in [0, 0.1) is 0 Å². The van der Waals surface area contributed by atoms with Crippen LogP contribution >= 0.6 is 11.3 Å². The lowest BCUT2D eigenvalue weighted by molar-refractivity contribution is -0.131. The fourth-order valence-electron chi connectivity index (χ4n) is 3.09. The van der Waals surface area contributed by atoms with Crippen molar-refractivity contribution in [3.8, 4) is 0 Å². The molecule has 1 aliphatic rings. The molecule has 1 aliphatic heterocycles. The Morgan fingerprint density at radius 2 is 2.04 bits per heavy atom. The van der Waals surface area contributed by atoms with Gasteiger partial charge in [-0.15, -0.1) is 11.3 Å². The van der Waals surface area contributed by atoms with Gasteiger partial charge in [-0.2, -0.15) is 0 Å². The van der Waals surface area contributed by atoms with E-state index in [0.29, 0.717) is 13.0 Å². The third kappa shape index (κ3) is 3.79. The Kier molecular flexibility index (Phi) is 4.94. The zero-order valence-electron chi connectivity index (χ0n) is 13.9. The number of likely N-dealkylation sites (N-methyl/N-ethyl adjacent to an activating group) is 2. The summed E-state index contributed by atoms with van der Waals surface area (Å²) in [7, 11) is 0.703. The highest BCUT2D eigenvalue weighted by atomic mass is 32.2. The number of amides is 1. The Morgan fingerprint density at radius 1 is 1.29 bits per heavy atom. The van der Waals surface area contributed by atoms with Crippen molar-refractivity contribution >= 4 is 37.2 Å². The highest BCUT2D eigenvalue weighted by Gasteiger charge is 2.31. The van der Waals surface area contributed by atoms with Crippen LogP contribution in [0.5, 0.6) is 0 Å². The summed E-state index contributed by atoms with van der Waals surface area (Å²) in [5, 5.41) is 3.29. The molecule has 1 unspecified atom stereocenters. The van der Waals surface area contributed by atoms with Crippen molar-refractivity contribution in [3.63, 3.8) is 0 Å². The Bertz CT molecular complexity index is 844. The molecule has 0 spiro atoms. The average Bonchev–Trinajstić information content (AvgIpc) is 3.11. The minimum Gasteiger partial charge on any atom is -0.340 e. The van der Waals surface area contributed by atoms with E-state index in [1.807, 2.05) is 24.1 Å². The maximum absolute atomic E-state index is 12.5. The number of fused-ring (bicyclic) bond motifs is 1. The molecule has 1 aromatic heterocycles. The van der Waals surface area contributed by atoms with Crippen molar-refractivity contribution < 1.29 is 13.2 Å². The first-order valence-corrected chi connectivity index (χ1v) is 10.7. The molecule has 1 aromatic carbocycles. The molecule has 5 nitrogen and oxygen atoms in total. The van der Waals surface area contributed by atoms with Gasteiger partial charge in [-0.1, -0.05) is 18.2 Å². The van der Waals surface area contributed by atoms with Crippen molar-refractivity contribution in [1.29, 1.82) is 0 Å². The summed E-state index contributed by atoms with van der Waals surface area (Å²) in [6, 6.07) is 8.14. The molecule has 24 heavy (non-hydrogen) atoms. The van der Waals surface area contributed by atoms with Crippen LogP contribution in [0.1, 0.15) is 12.0 Å². The Hall–Kier alpha value is -1.44. The molecule has 1 amide bonds. The molecule has 0 aliphatic carbocycles. The Labute approximate surface area is 146 Å². The first-order valence-electron chi connectivity index (χ1n) is 7.95. The van der Waals surface area contributed by atoms with Crippen LogP contribution in [0.25, 0.3) is 10.1 Å². The van der Waals surface area contributed by atoms with Crippen LogP contribution < -0.4 is 0 Å². The van der Waals surface area contributed by atoms with Crippen molar-refractivity contribution in [2.45, 2.75) is 19.0 Å². The van der Waals surface area contributed by atoms with Crippen LogP contribution in [0.3, 0.4) is 0 Å². The van der Waals surface area contributed by atoms with E-state index in [1.54, 1.807) is 23.3 Å². The van der Waals surface area contributed by atoms with Gasteiger partial charge in [-0.3, -0.25) is 9.69 Å². The lowest BCUT2D eigenvalue weighted by Crippen LogP contribution is -2.41. The van der Waals surface area contributed by atoms with Gasteiger partial charge >= 0.3 is 0 Å². The Balaban J connectivity index is 1.61. The van der Waals surface area contributed by atoms with Crippen LogP contribution in [0.4, 0.5) is 0 Å². The van der Waals surface area contributed by atoms with Crippen LogP contribution in [-0.4, -0.2) is 62.3 Å². The highest BCUT2D eigenvalue weighted by Crippen LogP contribution is 2.26. The summed E-state index contributed by atoms with van der Waals surface area (Å²) in [6.45, 7) is 0.818. The second-order valence-corrected chi connectivity index (χ2v) is 9.62. The van der Waals surface area contributed by atoms with E-state index in [-0.39, 0.29) is 30.0 Å². The number of hydrogen-bond acceptors (Lipinski definition) is 5. The van der Waals surface area contributed by atoms with E-state index in [9.17, 15) is 13.2 Å². The predicted molar refractivity (Wildman–Crippen MR) is 98.0 cm³/mol. The summed E-state index contributed by atoms with van der Waals surface area (Å²) in [6.07, 6.45) is 0.616. The normalized spacial score (nSPS) is 19.9. The molecule has 1 fully saturated rings. The predicted octanol–water partition coefficient (Wildman–Crippen LogP) is 1.98. The van der Waals surface area contributed by atoms with E-state index >= 15 is 0 Å². The lowest BCUT2D eigenvalue weighted by atomic mass is 10.1. The first kappa shape index (κ1) is 17.4. The number of nitrogens with zero attached hydrogens (tertiary/aromatic N) is 2. The average molecular weight is 367 g/mol. The van der Waals surface area contributed by atoms with Gasteiger partial charge in [0.15, 0.2) is 9.84 Å². The molecule has 0 saturated carbocycles. The summed E-state index contributed by atoms with van der Waals surface area (Å²) in [4.78, 5) is 16.1. The van der Waals surface area contributed by atoms with Crippen molar-refractivity contribution in [2.24, 2.45) is 0 Å². The maximum atomic E-state index is 12.5. The van der Waals surface area contributed by atoms with Gasteiger partial charge < -0.3 is 4.90 Å². The number of carbonyl (C=O) groups excluding carboxylic acids is 1. The largest absolute Gasteiger partial charge is 0.340 e. The van der Waals surface area contributed by atoms with Gasteiger partial charge in [0.25, 0.3) is 0 Å². The second-order valence-electron chi connectivity index (χ2n) is 6.48. The summed E-state index contributed by atoms with van der Waals surface area (Å²) >= 11 is 1.69. The van der Waals surface area contributed by atoms with Gasteiger partial charge in [0.05, 0.1) is 18.1 Å². The molecule has 2 heterocycles. The maximum Gasteiger partial charge on any atom is 0.236 e. The number of benzene rings is 1. The number of carbonyl (C=O) groups is 1. The fourth-order valence-corrected chi connectivity index (χ4v) is 5.84. The van der Waals surface area contributed by atoms with Crippen LogP contribution in [-0.2, 0) is 21.2 Å². The summed E-state index contributed by atoms with van der Waals surface area (Å²) in [5.74, 6) is 0.403. The molecule has 130 valence electrons. The molecule has 0 bridgehead atoms. The molecule has 2 aromatic rings. The second kappa shape index (κ2) is 6.82. The van der Waals surface area contributed by atoms with E-state index in [0.717, 1.165) is 5.56 Å². The molecule has 0 N–H and O–H groups in total. The van der Waals surface area contributed by atoms with E-state index < -0.39 is 9.84 Å². The molecular weight excluding hydrogens is 344 g/mol. The van der Waals surface area contributed by atoms with Gasteiger partial charge in [0.2, 0.25) is 5.91 Å². The lowest BCUT2D eigenvalue weighted by Gasteiger charge is -2.25. The quantitative estimate of drug-likeness (QED) is 0.812. The fraction of sp³-hybridized carbons (Fsp3) is 0.471. The molecule has 1 saturated heterocycles. The first-order chi connectivity index (χ1) is 11.4. The Morgan fingerprint density at radius 3 is 2.75 bits per heavy atom. The van der Waals surface area contributed by atoms with E-state index in [4.69, 9.17) is 0 Å². The number of thiophene rings is 1. The minimum atomic E-state index is -2.93. The molecule has 7 heteroatoms. The van der Waals surface area contributed by atoms with Crippen molar-refractivity contribution in [3.05, 3.63) is 35.2 Å². The molecule has 3 rings (SSSR count). The SMILES string of the molecule is CN(Cc1csc2ccccc12)C(=O)CN(C)C1CCS(=O)(=O)C1. The van der Waals surface area contributed by atoms with Crippen molar-refractivity contribution in [2.75, 3.05) is 32.1 Å². The van der Waals surface area contributed by atoms with Crippen LogP contribution in [0.15, 0.2) is 29.6 Å². The van der Waals surface area contributed by atoms with E-state index in [2.05, 4.69) is 17.5 Å². The standard InChI is InChI=1S/C17H22N2O3S2/c1-18(14-7-8-24(21,22)12-14)10-17(20)19(2)9-13-11-23-16-6-4-3-5-15(13)16/h3-6,11,14H,7-10,12H2,1-2H3. The minimum absolute atomic E-state index is 0.0112. The van der Waals surface area contributed by atoms with E-state index in [1.165, 1.54) is 10.1 Å². The van der Waals surface area contributed by atoms with Gasteiger partial charge in [0.1, 0.15) is 0 Å². The summed E-state index contributed by atoms with van der Waals surface area (Å²) < 4.78 is 24.4. The molecular formula is C17H22N2O3S2. The summed E-state index contributed by atoms with van der Waals surface area (Å²) in [5.41, 5.74) is 1.15. The third-order valence-electron chi connectivity index (χ3n) is 4.61. The number of hydrogen-bond donors (Lipinski definition) is 0. The molecule has 1 atom stereocenters. The zero-order chi connectivity index (χ0) is 17.3. The number of sulfone groups is 1. The smallest absolute Gasteiger partial charge is 0.236 e. The van der Waals surface area contributed by atoms with Gasteiger partial charge in [-0.25, -0.2) is 8.42 Å². The molecule has 0 radical (unpaired) electrons. The van der Waals surface area contributed by atoms with Crippen molar-refractivity contribution in [1.82, 2.24) is 9.80 Å².